The maximum absolute atomic E-state index is 12.7. The van der Waals surface area contributed by atoms with Gasteiger partial charge in [-0.2, -0.15) is 5.10 Å². The van der Waals surface area contributed by atoms with Crippen molar-refractivity contribution in [3.05, 3.63) is 78.9 Å². The van der Waals surface area contributed by atoms with Gasteiger partial charge < -0.3 is 15.2 Å². The summed E-state index contributed by atoms with van der Waals surface area (Å²) in [5.41, 5.74) is 4.86. The molecule has 4 heterocycles. The molecule has 2 aromatic carbocycles. The van der Waals surface area contributed by atoms with Crippen LogP contribution in [0.1, 0.15) is 10.5 Å². The number of rotatable bonds is 6. The second kappa shape index (κ2) is 8.88. The molecule has 0 atom stereocenters. The van der Waals surface area contributed by atoms with Crippen LogP contribution in [0, 0.1) is 5.92 Å². The molecular weight excluding hydrogens is 464 g/mol. The first-order valence-corrected chi connectivity index (χ1v) is 11.4. The molecule has 3 aromatic heterocycles. The van der Waals surface area contributed by atoms with Gasteiger partial charge in [0.05, 0.1) is 12.1 Å². The molecule has 36 heavy (non-hydrogen) atoms. The SMILES string of the molecule is O=C(c1cc2ccc(-c3nccc(Nc4ccc(-c5cn[nH]c5)cc4)n3)cc2[nH]1)N1CC(C(F)F)C1. The van der Waals surface area contributed by atoms with E-state index in [9.17, 15) is 13.6 Å². The molecule has 0 bridgehead atoms. The minimum absolute atomic E-state index is 0.0802. The molecule has 8 nitrogen and oxygen atoms in total. The topological polar surface area (TPSA) is 103 Å². The van der Waals surface area contributed by atoms with Gasteiger partial charge >= 0.3 is 0 Å². The number of hydrogen-bond donors (Lipinski definition) is 3. The molecule has 180 valence electrons. The van der Waals surface area contributed by atoms with Crippen molar-refractivity contribution < 1.29 is 13.6 Å². The minimum atomic E-state index is -2.40. The zero-order chi connectivity index (χ0) is 24.6. The van der Waals surface area contributed by atoms with Crippen LogP contribution in [-0.4, -0.2) is 55.5 Å². The molecule has 3 N–H and O–H groups in total. The Morgan fingerprint density at radius 3 is 2.58 bits per heavy atom. The molecule has 10 heteroatoms. The Labute approximate surface area is 204 Å². The van der Waals surface area contributed by atoms with E-state index in [4.69, 9.17) is 0 Å². The van der Waals surface area contributed by atoms with Crippen LogP contribution in [0.4, 0.5) is 20.3 Å². The van der Waals surface area contributed by atoms with Gasteiger partial charge in [0.1, 0.15) is 11.5 Å². The number of carbonyl (C=O) groups excluding carboxylic acids is 1. The number of aromatic nitrogens is 5. The number of hydrogen-bond acceptors (Lipinski definition) is 5. The van der Waals surface area contributed by atoms with Gasteiger partial charge in [-0.1, -0.05) is 24.3 Å². The third kappa shape index (κ3) is 4.17. The summed E-state index contributed by atoms with van der Waals surface area (Å²) in [5, 5.41) is 10.9. The fourth-order valence-corrected chi connectivity index (χ4v) is 4.26. The van der Waals surface area contributed by atoms with Gasteiger partial charge in [-0.15, -0.1) is 0 Å². The van der Waals surface area contributed by atoms with E-state index in [1.807, 2.05) is 48.7 Å². The summed E-state index contributed by atoms with van der Waals surface area (Å²) < 4.78 is 25.5. The van der Waals surface area contributed by atoms with Crippen molar-refractivity contribution in [2.75, 3.05) is 18.4 Å². The molecule has 1 aliphatic heterocycles. The number of nitrogens with zero attached hydrogens (tertiary/aromatic N) is 4. The molecule has 0 radical (unpaired) electrons. The standard InChI is InChI=1S/C26H21F2N7O/c27-24(28)19-13-35(14-19)26(36)22-9-16-1-2-17(10-21(16)33-22)25-29-8-7-23(34-25)32-20-5-3-15(4-6-20)18-11-30-31-12-18/h1-12,19,24,33H,13-14H2,(H,30,31)(H,29,32,34). The summed E-state index contributed by atoms with van der Waals surface area (Å²) in [6.07, 6.45) is 2.90. The zero-order valence-corrected chi connectivity index (χ0v) is 19.0. The molecule has 0 saturated carbocycles. The van der Waals surface area contributed by atoms with Crippen LogP contribution in [0.15, 0.2) is 73.2 Å². The summed E-state index contributed by atoms with van der Waals surface area (Å²) in [6, 6.07) is 17.1. The van der Waals surface area contributed by atoms with Crippen LogP contribution in [0.3, 0.4) is 0 Å². The normalized spacial score (nSPS) is 13.8. The van der Waals surface area contributed by atoms with Crippen LogP contribution in [0.25, 0.3) is 33.4 Å². The van der Waals surface area contributed by atoms with Crippen molar-refractivity contribution >= 4 is 28.3 Å². The second-order valence-corrected chi connectivity index (χ2v) is 8.74. The monoisotopic (exact) mass is 485 g/mol. The lowest BCUT2D eigenvalue weighted by Gasteiger charge is -2.38. The highest BCUT2D eigenvalue weighted by Gasteiger charge is 2.37. The first-order valence-electron chi connectivity index (χ1n) is 11.4. The predicted molar refractivity (Wildman–Crippen MR) is 132 cm³/mol. The van der Waals surface area contributed by atoms with Crippen molar-refractivity contribution in [3.63, 3.8) is 0 Å². The smallest absolute Gasteiger partial charge is 0.270 e. The van der Waals surface area contributed by atoms with E-state index in [0.29, 0.717) is 17.3 Å². The number of H-pyrrole nitrogens is 2. The number of alkyl halides is 2. The van der Waals surface area contributed by atoms with Gasteiger partial charge in [0.15, 0.2) is 5.82 Å². The summed E-state index contributed by atoms with van der Waals surface area (Å²) in [7, 11) is 0. The fraction of sp³-hybridized carbons (Fsp3) is 0.154. The largest absolute Gasteiger partial charge is 0.351 e. The van der Waals surface area contributed by atoms with Gasteiger partial charge in [-0.25, -0.2) is 18.7 Å². The van der Waals surface area contributed by atoms with Gasteiger partial charge in [0, 0.05) is 53.2 Å². The minimum Gasteiger partial charge on any atom is -0.351 e. The van der Waals surface area contributed by atoms with E-state index in [0.717, 1.165) is 33.3 Å². The molecule has 6 rings (SSSR count). The number of carbonyl (C=O) groups is 1. The first-order chi connectivity index (χ1) is 17.5. The highest BCUT2D eigenvalue weighted by Crippen LogP contribution is 2.28. The lowest BCUT2D eigenvalue weighted by molar-refractivity contribution is -0.0154. The fourth-order valence-electron chi connectivity index (χ4n) is 4.26. The number of fused-ring (bicyclic) bond motifs is 1. The molecule has 1 fully saturated rings. The van der Waals surface area contributed by atoms with Crippen LogP contribution in [0.2, 0.25) is 0 Å². The van der Waals surface area contributed by atoms with Crippen LogP contribution in [-0.2, 0) is 0 Å². The summed E-state index contributed by atoms with van der Waals surface area (Å²) in [6.45, 7) is 0.160. The van der Waals surface area contributed by atoms with E-state index in [2.05, 4.69) is 30.5 Å². The number of anilines is 2. The molecule has 0 aliphatic carbocycles. The highest BCUT2D eigenvalue weighted by molar-refractivity contribution is 5.99. The number of benzene rings is 2. The average molecular weight is 485 g/mol. The lowest BCUT2D eigenvalue weighted by atomic mass is 10.0. The van der Waals surface area contributed by atoms with Crippen molar-refractivity contribution in [2.45, 2.75) is 6.43 Å². The number of aromatic amines is 2. The molecule has 1 saturated heterocycles. The van der Waals surface area contributed by atoms with Gasteiger partial charge in [-0.3, -0.25) is 9.89 Å². The Morgan fingerprint density at radius 2 is 1.83 bits per heavy atom. The van der Waals surface area contributed by atoms with Crippen molar-refractivity contribution in [2.24, 2.45) is 5.92 Å². The van der Waals surface area contributed by atoms with E-state index in [-0.39, 0.29) is 19.0 Å². The van der Waals surface area contributed by atoms with E-state index in [1.54, 1.807) is 24.5 Å². The molecule has 0 unspecified atom stereocenters. The lowest BCUT2D eigenvalue weighted by Crippen LogP contribution is -2.52. The predicted octanol–water partition coefficient (Wildman–Crippen LogP) is 5.10. The molecule has 5 aromatic rings. The number of halogens is 2. The Bertz CT molecular complexity index is 1520. The average Bonchev–Trinajstić information content (AvgIpc) is 3.53. The second-order valence-electron chi connectivity index (χ2n) is 8.74. The zero-order valence-electron chi connectivity index (χ0n) is 19.0. The Kier molecular flexibility index (Phi) is 5.40. The van der Waals surface area contributed by atoms with Crippen molar-refractivity contribution in [1.82, 2.24) is 30.0 Å². The highest BCUT2D eigenvalue weighted by atomic mass is 19.3. The molecule has 0 spiro atoms. The maximum Gasteiger partial charge on any atom is 0.270 e. The van der Waals surface area contributed by atoms with Crippen LogP contribution < -0.4 is 5.32 Å². The third-order valence-electron chi connectivity index (χ3n) is 6.31. The Morgan fingerprint density at radius 1 is 1.03 bits per heavy atom. The van der Waals surface area contributed by atoms with Crippen LogP contribution in [0.5, 0.6) is 0 Å². The number of amides is 1. The Hall–Kier alpha value is -4.60. The summed E-state index contributed by atoms with van der Waals surface area (Å²) >= 11 is 0. The van der Waals surface area contributed by atoms with Crippen molar-refractivity contribution in [1.29, 1.82) is 0 Å². The molecular formula is C26H21F2N7O. The van der Waals surface area contributed by atoms with Gasteiger partial charge in [0.2, 0.25) is 6.43 Å². The number of likely N-dealkylation sites (tertiary alicyclic amines) is 1. The van der Waals surface area contributed by atoms with Gasteiger partial charge in [-0.05, 0) is 35.9 Å². The summed E-state index contributed by atoms with van der Waals surface area (Å²) in [4.78, 5) is 26.2. The quantitative estimate of drug-likeness (QED) is 0.311. The van der Waals surface area contributed by atoms with Crippen LogP contribution >= 0.6 is 0 Å². The maximum atomic E-state index is 12.7. The van der Waals surface area contributed by atoms with Crippen molar-refractivity contribution in [3.8, 4) is 22.5 Å². The molecule has 1 aliphatic rings. The first kappa shape index (κ1) is 21.9. The number of nitrogens with one attached hydrogen (secondary N) is 3. The molecule has 1 amide bonds. The van der Waals surface area contributed by atoms with E-state index in [1.165, 1.54) is 4.90 Å². The van der Waals surface area contributed by atoms with Gasteiger partial charge in [0.25, 0.3) is 5.91 Å². The van der Waals surface area contributed by atoms with E-state index < -0.39 is 12.3 Å². The summed E-state index contributed by atoms with van der Waals surface area (Å²) in [5.74, 6) is 0.162. The van der Waals surface area contributed by atoms with E-state index >= 15 is 0 Å². The Balaban J connectivity index is 1.19. The third-order valence-corrected chi connectivity index (χ3v) is 6.31.